The third-order valence-corrected chi connectivity index (χ3v) is 5.96. The molecule has 1 aliphatic rings. The van der Waals surface area contributed by atoms with Gasteiger partial charge in [-0.1, -0.05) is 29.8 Å². The molecule has 4 rings (SSSR count). The van der Waals surface area contributed by atoms with Crippen LogP contribution in [0.15, 0.2) is 47.5 Å². The molecule has 10 heteroatoms. The zero-order valence-corrected chi connectivity index (χ0v) is 16.7. The molecule has 2 aromatic carbocycles. The number of sulfonamides is 1. The largest absolute Gasteiger partial charge is 0.326 e. The Balaban J connectivity index is 1.68. The first-order valence-electron chi connectivity index (χ1n) is 8.86. The van der Waals surface area contributed by atoms with Crippen molar-refractivity contribution >= 4 is 50.0 Å². The summed E-state index contributed by atoms with van der Waals surface area (Å²) >= 11 is 6.08. The minimum atomic E-state index is -4.11. The maximum atomic E-state index is 12.4. The van der Waals surface area contributed by atoms with E-state index in [0.717, 1.165) is 17.5 Å². The highest BCUT2D eigenvalue weighted by atomic mass is 35.5. The van der Waals surface area contributed by atoms with Crippen molar-refractivity contribution < 1.29 is 18.0 Å². The van der Waals surface area contributed by atoms with E-state index < -0.39 is 10.0 Å². The Morgan fingerprint density at radius 3 is 2.62 bits per heavy atom. The highest BCUT2D eigenvalue weighted by Crippen LogP contribution is 2.32. The van der Waals surface area contributed by atoms with Gasteiger partial charge in [-0.05, 0) is 36.6 Å². The Hall–Kier alpha value is -2.75. The first-order valence-corrected chi connectivity index (χ1v) is 10.8. The van der Waals surface area contributed by atoms with E-state index in [1.165, 1.54) is 18.3 Å². The lowest BCUT2D eigenvalue weighted by Gasteiger charge is -2.08. The summed E-state index contributed by atoms with van der Waals surface area (Å²) in [6.07, 6.45) is 2.96. The molecular formula is C19H17ClN4O4S. The maximum absolute atomic E-state index is 12.4. The van der Waals surface area contributed by atoms with Gasteiger partial charge in [0.1, 0.15) is 0 Å². The number of nitrogens with zero attached hydrogens (tertiary/aromatic N) is 2. The van der Waals surface area contributed by atoms with Gasteiger partial charge in [-0.25, -0.2) is 18.2 Å². The lowest BCUT2D eigenvalue weighted by atomic mass is 10.1. The summed E-state index contributed by atoms with van der Waals surface area (Å²) in [5, 5.41) is 12.9. The molecule has 1 fully saturated rings. The fraction of sp³-hybridized carbons (Fsp3) is 0.211. The number of hydrogen-bond donors (Lipinski definition) is 2. The predicted octanol–water partition coefficient (Wildman–Crippen LogP) is 2.57. The van der Waals surface area contributed by atoms with Crippen LogP contribution in [-0.2, 0) is 21.2 Å². The number of hydrogen-bond acceptors (Lipinski definition) is 5. The summed E-state index contributed by atoms with van der Waals surface area (Å²) in [4.78, 5) is 24.5. The second-order valence-electron chi connectivity index (χ2n) is 6.95. The fourth-order valence-corrected chi connectivity index (χ4v) is 4.01. The molecule has 3 aromatic rings. The van der Waals surface area contributed by atoms with E-state index in [9.17, 15) is 18.0 Å². The van der Waals surface area contributed by atoms with Gasteiger partial charge in [0.25, 0.3) is 0 Å². The molecule has 29 heavy (non-hydrogen) atoms. The number of nitrogens with two attached hydrogens (primary N) is 1. The highest BCUT2D eigenvalue weighted by Gasteiger charge is 2.32. The van der Waals surface area contributed by atoms with Gasteiger partial charge in [0.15, 0.2) is 0 Å². The number of fused-ring (bicyclic) bond motifs is 1. The molecule has 0 bridgehead atoms. The number of primary sulfonamides is 1. The van der Waals surface area contributed by atoms with Gasteiger partial charge in [0, 0.05) is 28.2 Å². The SMILES string of the molecule is NS(=O)(=O)c1cc(NC(=O)Cc2ccccc2Cl)cc2nn(C(=O)C3CC3)cc12. The number of halogens is 1. The summed E-state index contributed by atoms with van der Waals surface area (Å²) < 4.78 is 25.3. The van der Waals surface area contributed by atoms with Crippen LogP contribution in [0.1, 0.15) is 23.2 Å². The molecule has 3 N–H and O–H groups in total. The number of aromatic nitrogens is 2. The molecule has 8 nitrogen and oxygen atoms in total. The van der Waals surface area contributed by atoms with Crippen LogP contribution in [0.2, 0.25) is 5.02 Å². The van der Waals surface area contributed by atoms with Gasteiger partial charge >= 0.3 is 0 Å². The molecule has 0 unspecified atom stereocenters. The fourth-order valence-electron chi connectivity index (χ4n) is 3.05. The molecule has 0 radical (unpaired) electrons. The van der Waals surface area contributed by atoms with E-state index in [1.807, 2.05) is 0 Å². The van der Waals surface area contributed by atoms with Gasteiger partial charge in [0.2, 0.25) is 21.8 Å². The van der Waals surface area contributed by atoms with Crippen LogP contribution in [0, 0.1) is 5.92 Å². The van der Waals surface area contributed by atoms with E-state index in [1.54, 1.807) is 24.3 Å². The quantitative estimate of drug-likeness (QED) is 0.641. The van der Waals surface area contributed by atoms with Crippen molar-refractivity contribution in [1.29, 1.82) is 0 Å². The molecule has 1 amide bonds. The van der Waals surface area contributed by atoms with Crippen LogP contribution in [0.5, 0.6) is 0 Å². The average molecular weight is 433 g/mol. The monoisotopic (exact) mass is 432 g/mol. The van der Waals surface area contributed by atoms with E-state index in [-0.39, 0.29) is 45.6 Å². The van der Waals surface area contributed by atoms with E-state index in [2.05, 4.69) is 10.4 Å². The van der Waals surface area contributed by atoms with E-state index >= 15 is 0 Å². The van der Waals surface area contributed by atoms with Crippen molar-refractivity contribution in [3.63, 3.8) is 0 Å². The molecule has 150 valence electrons. The minimum Gasteiger partial charge on any atom is -0.326 e. The summed E-state index contributed by atoms with van der Waals surface area (Å²) in [5.74, 6) is -0.658. The zero-order valence-electron chi connectivity index (χ0n) is 15.1. The standard InChI is InChI=1S/C19H17ClN4O4S/c20-15-4-2-1-3-12(15)7-18(25)22-13-8-16-14(17(9-13)29(21,27)28)10-24(23-16)19(26)11-5-6-11/h1-4,8-11H,5-7H2,(H,22,25)(H2,21,27,28). The van der Waals surface area contributed by atoms with Crippen molar-refractivity contribution in [3.8, 4) is 0 Å². The highest BCUT2D eigenvalue weighted by molar-refractivity contribution is 7.89. The summed E-state index contributed by atoms with van der Waals surface area (Å²) in [6.45, 7) is 0. The zero-order chi connectivity index (χ0) is 20.8. The summed E-state index contributed by atoms with van der Waals surface area (Å²) in [5.41, 5.74) is 1.10. The molecule has 1 saturated carbocycles. The van der Waals surface area contributed by atoms with Crippen LogP contribution in [0.25, 0.3) is 10.9 Å². The van der Waals surface area contributed by atoms with Gasteiger partial charge < -0.3 is 5.32 Å². The Bertz CT molecular complexity index is 1250. The Kier molecular flexibility index (Phi) is 4.89. The lowest BCUT2D eigenvalue weighted by molar-refractivity contribution is -0.115. The van der Waals surface area contributed by atoms with Crippen molar-refractivity contribution in [1.82, 2.24) is 9.78 Å². The Morgan fingerprint density at radius 1 is 1.24 bits per heavy atom. The number of carbonyl (C=O) groups is 2. The summed E-state index contributed by atoms with van der Waals surface area (Å²) in [7, 11) is -4.11. The molecular weight excluding hydrogens is 416 g/mol. The Morgan fingerprint density at radius 2 is 1.97 bits per heavy atom. The van der Waals surface area contributed by atoms with E-state index in [4.69, 9.17) is 16.7 Å². The van der Waals surface area contributed by atoms with Crippen LogP contribution in [0.4, 0.5) is 5.69 Å². The molecule has 0 atom stereocenters. The maximum Gasteiger partial charge on any atom is 0.249 e. The van der Waals surface area contributed by atoms with Crippen molar-refractivity contribution in [2.45, 2.75) is 24.2 Å². The van der Waals surface area contributed by atoms with Gasteiger partial charge in [-0.3, -0.25) is 9.59 Å². The first kappa shape index (κ1) is 19.6. The van der Waals surface area contributed by atoms with Gasteiger partial charge in [-0.15, -0.1) is 0 Å². The van der Waals surface area contributed by atoms with Gasteiger partial charge in [0.05, 0.1) is 16.8 Å². The second kappa shape index (κ2) is 7.25. The third-order valence-electron chi connectivity index (χ3n) is 4.64. The molecule has 1 aliphatic carbocycles. The number of amides is 1. The number of nitrogens with one attached hydrogen (secondary N) is 1. The van der Waals surface area contributed by atoms with Gasteiger partial charge in [-0.2, -0.15) is 5.10 Å². The van der Waals surface area contributed by atoms with Crippen LogP contribution < -0.4 is 10.5 Å². The summed E-state index contributed by atoms with van der Waals surface area (Å²) in [6, 6.07) is 9.70. The molecule has 1 heterocycles. The topological polar surface area (TPSA) is 124 Å². The smallest absolute Gasteiger partial charge is 0.249 e. The Labute approximate surface area is 171 Å². The number of carbonyl (C=O) groups excluding carboxylic acids is 2. The van der Waals surface area contributed by atoms with Crippen LogP contribution >= 0.6 is 11.6 Å². The molecule has 1 aromatic heterocycles. The van der Waals surface area contributed by atoms with Crippen molar-refractivity contribution in [2.24, 2.45) is 11.1 Å². The molecule has 0 aliphatic heterocycles. The van der Waals surface area contributed by atoms with Crippen molar-refractivity contribution in [2.75, 3.05) is 5.32 Å². The molecule has 0 spiro atoms. The number of anilines is 1. The van der Waals surface area contributed by atoms with Crippen LogP contribution in [-0.4, -0.2) is 30.0 Å². The van der Waals surface area contributed by atoms with Crippen LogP contribution in [0.3, 0.4) is 0 Å². The predicted molar refractivity (Wildman–Crippen MR) is 108 cm³/mol. The average Bonchev–Trinajstić information content (AvgIpc) is 3.40. The van der Waals surface area contributed by atoms with E-state index in [0.29, 0.717) is 10.6 Å². The third kappa shape index (κ3) is 4.16. The molecule has 0 saturated heterocycles. The first-order chi connectivity index (χ1) is 13.7. The number of rotatable bonds is 5. The number of benzene rings is 2. The van der Waals surface area contributed by atoms with Crippen molar-refractivity contribution in [3.05, 3.63) is 53.2 Å². The minimum absolute atomic E-state index is 0.0109. The normalized spacial score (nSPS) is 14.1. The second-order valence-corrected chi connectivity index (χ2v) is 8.89. The lowest BCUT2D eigenvalue weighted by Crippen LogP contribution is -2.16.